The average molecular weight is 632 g/mol. The van der Waals surface area contributed by atoms with E-state index in [1.807, 2.05) is 6.08 Å². The SMILES string of the molecule is CC/C=C\C/C=C\C/C=C\C/C=C\C/C=C\C/C=C\CCC(=O)CCCNC(=O)OC[C@@H]1CCC(n2cnc3c(=O)[nH]cnc32)O1. The molecule has 46 heavy (non-hydrogen) atoms. The first kappa shape index (κ1) is 36.2. The van der Waals surface area contributed by atoms with Crippen molar-refractivity contribution in [2.24, 2.45) is 0 Å². The van der Waals surface area contributed by atoms with Crippen molar-refractivity contribution >= 4 is 23.0 Å². The molecule has 1 fully saturated rings. The highest BCUT2D eigenvalue weighted by molar-refractivity contribution is 5.78. The van der Waals surface area contributed by atoms with Crippen LogP contribution in [0.4, 0.5) is 4.79 Å². The number of hydrogen-bond acceptors (Lipinski definition) is 7. The van der Waals surface area contributed by atoms with Crippen LogP contribution >= 0.6 is 0 Å². The number of aromatic amines is 1. The Hall–Kier alpha value is -4.31. The number of aromatic nitrogens is 4. The summed E-state index contributed by atoms with van der Waals surface area (Å²) in [5, 5.41) is 2.69. The van der Waals surface area contributed by atoms with E-state index in [0.717, 1.165) is 44.9 Å². The Morgan fingerprint density at radius 2 is 1.54 bits per heavy atom. The van der Waals surface area contributed by atoms with Gasteiger partial charge >= 0.3 is 6.09 Å². The third kappa shape index (κ3) is 14.2. The first-order chi connectivity index (χ1) is 22.6. The lowest BCUT2D eigenvalue weighted by atomic mass is 10.1. The number of H-pyrrole nitrogens is 1. The Kier molecular flexibility index (Phi) is 17.5. The lowest BCUT2D eigenvalue weighted by molar-refractivity contribution is -0.119. The molecule has 0 aromatic carbocycles. The highest BCUT2D eigenvalue weighted by Crippen LogP contribution is 2.29. The smallest absolute Gasteiger partial charge is 0.407 e. The van der Waals surface area contributed by atoms with Gasteiger partial charge in [0.25, 0.3) is 5.56 Å². The number of imidazole rings is 1. The van der Waals surface area contributed by atoms with Gasteiger partial charge in [0.15, 0.2) is 11.2 Å². The molecule has 2 aromatic rings. The van der Waals surface area contributed by atoms with Gasteiger partial charge in [0, 0.05) is 19.4 Å². The third-order valence-corrected chi connectivity index (χ3v) is 7.25. The Labute approximate surface area is 272 Å². The number of allylic oxidation sites excluding steroid dienone is 12. The monoisotopic (exact) mass is 631 g/mol. The van der Waals surface area contributed by atoms with Gasteiger partial charge in [0.2, 0.25) is 0 Å². The summed E-state index contributed by atoms with van der Waals surface area (Å²) in [7, 11) is 0. The predicted molar refractivity (Wildman–Crippen MR) is 182 cm³/mol. The second kappa shape index (κ2) is 22.2. The van der Waals surface area contributed by atoms with Crippen LogP contribution in [0.25, 0.3) is 11.2 Å². The van der Waals surface area contributed by atoms with Gasteiger partial charge in [-0.25, -0.2) is 14.8 Å². The maximum absolute atomic E-state index is 12.1. The zero-order chi connectivity index (χ0) is 32.7. The number of alkyl carbamates (subject to hydrolysis) is 1. The van der Waals surface area contributed by atoms with E-state index in [1.165, 1.54) is 6.33 Å². The molecule has 0 radical (unpaired) electrons. The van der Waals surface area contributed by atoms with E-state index < -0.39 is 6.09 Å². The Balaban J connectivity index is 1.13. The van der Waals surface area contributed by atoms with E-state index in [0.29, 0.717) is 44.3 Å². The van der Waals surface area contributed by atoms with Gasteiger partial charge in [-0.2, -0.15) is 0 Å². The number of carbonyl (C=O) groups is 2. The molecule has 0 aliphatic carbocycles. The number of ketones is 1. The molecule has 1 unspecified atom stereocenters. The minimum Gasteiger partial charge on any atom is -0.447 e. The van der Waals surface area contributed by atoms with E-state index >= 15 is 0 Å². The molecule has 10 nitrogen and oxygen atoms in total. The van der Waals surface area contributed by atoms with Gasteiger partial charge in [-0.1, -0.05) is 79.8 Å². The van der Waals surface area contributed by atoms with Crippen LogP contribution in [0.5, 0.6) is 0 Å². The molecular formula is C36H49N5O5. The van der Waals surface area contributed by atoms with Gasteiger partial charge in [0.1, 0.15) is 18.6 Å². The Morgan fingerprint density at radius 3 is 2.20 bits per heavy atom. The normalized spacial score (nSPS) is 17.3. The maximum Gasteiger partial charge on any atom is 0.407 e. The van der Waals surface area contributed by atoms with Crippen LogP contribution in [0, 0.1) is 0 Å². The second-order valence-electron chi connectivity index (χ2n) is 11.0. The summed E-state index contributed by atoms with van der Waals surface area (Å²) in [6, 6.07) is 0. The minimum atomic E-state index is -0.529. The lowest BCUT2D eigenvalue weighted by Gasteiger charge is -2.15. The molecule has 0 spiro atoms. The van der Waals surface area contributed by atoms with Crippen LogP contribution in [0.2, 0.25) is 0 Å². The molecule has 2 aromatic heterocycles. The number of rotatable bonds is 21. The number of ether oxygens (including phenoxy) is 2. The van der Waals surface area contributed by atoms with Crippen molar-refractivity contribution in [1.29, 1.82) is 0 Å². The molecule has 248 valence electrons. The molecule has 10 heteroatoms. The number of hydrogen-bond donors (Lipinski definition) is 2. The number of fused-ring (bicyclic) bond motifs is 1. The standard InChI is InChI=1S/C36H49N5O5/c1-2-3-4-5-6-7-8-9-10-11-12-13-14-15-16-17-18-19-20-22-30(42)23-21-26-37-36(44)45-27-31-24-25-32(46-31)41-29-40-33-34(41)38-28-39-35(33)43/h3-4,6-7,9-10,12-13,15-16,18-19,28-29,31-32H,2,5,8,11,14,17,20-27H2,1H3,(H,37,44)(H,38,39,43)/b4-3-,7-6-,10-9-,13-12-,16-15-,19-18-/t31-,32?/m0/s1. The maximum atomic E-state index is 12.1. The van der Waals surface area contributed by atoms with Gasteiger partial charge in [-0.15, -0.1) is 0 Å². The fourth-order valence-electron chi connectivity index (χ4n) is 4.79. The van der Waals surface area contributed by atoms with E-state index in [1.54, 1.807) is 10.9 Å². The van der Waals surface area contributed by atoms with Gasteiger partial charge in [-0.3, -0.25) is 14.2 Å². The zero-order valence-electron chi connectivity index (χ0n) is 27.0. The number of nitrogens with zero attached hydrogens (tertiary/aromatic N) is 3. The van der Waals surface area contributed by atoms with Crippen LogP contribution in [-0.2, 0) is 14.3 Å². The third-order valence-electron chi connectivity index (χ3n) is 7.25. The molecule has 2 atom stereocenters. The molecule has 2 N–H and O–H groups in total. The van der Waals surface area contributed by atoms with E-state index in [-0.39, 0.29) is 35.8 Å². The van der Waals surface area contributed by atoms with Gasteiger partial charge in [0.05, 0.1) is 18.8 Å². The lowest BCUT2D eigenvalue weighted by Crippen LogP contribution is -2.29. The van der Waals surface area contributed by atoms with E-state index in [9.17, 15) is 14.4 Å². The fourth-order valence-corrected chi connectivity index (χ4v) is 4.79. The van der Waals surface area contributed by atoms with Crippen molar-refractivity contribution in [2.45, 2.75) is 96.3 Å². The van der Waals surface area contributed by atoms with Crippen LogP contribution in [0.1, 0.15) is 90.2 Å². The molecule has 3 rings (SSSR count). The molecule has 3 heterocycles. The summed E-state index contributed by atoms with van der Waals surface area (Å²) in [5.41, 5.74) is 0.419. The highest BCUT2D eigenvalue weighted by atomic mass is 16.6. The average Bonchev–Trinajstić information content (AvgIpc) is 3.71. The quantitative estimate of drug-likeness (QED) is 0.109. The molecule has 1 aliphatic heterocycles. The molecule has 1 amide bonds. The molecule has 1 aliphatic rings. The van der Waals surface area contributed by atoms with Gasteiger partial charge in [-0.05, 0) is 64.2 Å². The van der Waals surface area contributed by atoms with Crippen molar-refractivity contribution < 1.29 is 19.1 Å². The second-order valence-corrected chi connectivity index (χ2v) is 11.0. The Bertz CT molecular complexity index is 1430. The zero-order valence-corrected chi connectivity index (χ0v) is 27.0. The van der Waals surface area contributed by atoms with Crippen molar-refractivity contribution in [1.82, 2.24) is 24.8 Å². The molecule has 0 saturated carbocycles. The fraction of sp³-hybridized carbons (Fsp3) is 0.472. The van der Waals surface area contributed by atoms with Crippen LogP contribution < -0.4 is 10.9 Å². The van der Waals surface area contributed by atoms with Crippen molar-refractivity contribution in [3.63, 3.8) is 0 Å². The predicted octanol–water partition coefficient (Wildman–Crippen LogP) is 7.35. The first-order valence-electron chi connectivity index (χ1n) is 16.5. The van der Waals surface area contributed by atoms with E-state index in [2.05, 4.69) is 94.0 Å². The largest absolute Gasteiger partial charge is 0.447 e. The summed E-state index contributed by atoms with van der Waals surface area (Å²) in [4.78, 5) is 46.9. The Morgan fingerprint density at radius 1 is 0.913 bits per heavy atom. The van der Waals surface area contributed by atoms with Crippen molar-refractivity contribution in [3.05, 3.63) is 95.9 Å². The topological polar surface area (TPSA) is 128 Å². The highest BCUT2D eigenvalue weighted by Gasteiger charge is 2.29. The number of Topliss-reactive ketones (excluding diaryl/α,β-unsaturated/α-hetero) is 1. The molecular weight excluding hydrogens is 582 g/mol. The number of carbonyl (C=O) groups excluding carboxylic acids is 2. The van der Waals surface area contributed by atoms with Crippen LogP contribution in [-0.4, -0.2) is 50.7 Å². The summed E-state index contributed by atoms with van der Waals surface area (Å²) >= 11 is 0. The van der Waals surface area contributed by atoms with Crippen LogP contribution in [0.3, 0.4) is 0 Å². The summed E-state index contributed by atoms with van der Waals surface area (Å²) in [6.45, 7) is 2.64. The summed E-state index contributed by atoms with van der Waals surface area (Å²) in [6.07, 6.45) is 37.2. The van der Waals surface area contributed by atoms with E-state index in [4.69, 9.17) is 9.47 Å². The number of amides is 1. The number of nitrogens with one attached hydrogen (secondary N) is 2. The molecule has 1 saturated heterocycles. The minimum absolute atomic E-state index is 0.119. The van der Waals surface area contributed by atoms with Crippen molar-refractivity contribution in [3.8, 4) is 0 Å². The first-order valence-corrected chi connectivity index (χ1v) is 16.5. The van der Waals surface area contributed by atoms with Crippen LogP contribution in [0.15, 0.2) is 90.4 Å². The van der Waals surface area contributed by atoms with Crippen molar-refractivity contribution in [2.75, 3.05) is 13.2 Å². The van der Waals surface area contributed by atoms with Gasteiger partial charge < -0.3 is 19.8 Å². The summed E-state index contributed by atoms with van der Waals surface area (Å²) in [5.74, 6) is 0.184. The molecule has 0 bridgehead atoms. The summed E-state index contributed by atoms with van der Waals surface area (Å²) < 4.78 is 13.0.